The van der Waals surface area contributed by atoms with Gasteiger partial charge in [0.15, 0.2) is 0 Å². The molecule has 10 nitrogen and oxygen atoms in total. The minimum atomic E-state index is -3.94. The average Bonchev–Trinajstić information content (AvgIpc) is 3.21. The first-order valence-electron chi connectivity index (χ1n) is 9.37. The molecule has 1 atom stereocenters. The molecule has 2 heterocycles. The van der Waals surface area contributed by atoms with Crippen LogP contribution in [0.4, 0.5) is 4.79 Å². The maximum absolute atomic E-state index is 12.9. The molecule has 4 rings (SSSR count). The summed E-state index contributed by atoms with van der Waals surface area (Å²) < 4.78 is 28.3. The van der Waals surface area contributed by atoms with Crippen LogP contribution in [0.25, 0.3) is 0 Å². The van der Waals surface area contributed by atoms with Crippen molar-refractivity contribution in [3.63, 3.8) is 0 Å². The van der Waals surface area contributed by atoms with Crippen LogP contribution >= 0.6 is 0 Å². The van der Waals surface area contributed by atoms with Gasteiger partial charge in [0.1, 0.15) is 5.75 Å². The third kappa shape index (κ3) is 3.89. The number of urea groups is 1. The monoisotopic (exact) mass is 454 g/mol. The van der Waals surface area contributed by atoms with Crippen molar-refractivity contribution in [1.29, 1.82) is 0 Å². The van der Waals surface area contributed by atoms with Crippen LogP contribution in [0.3, 0.4) is 0 Å². The molecule has 11 heteroatoms. The second kappa shape index (κ2) is 7.67. The lowest BCUT2D eigenvalue weighted by molar-refractivity contribution is -0.122. The zero-order valence-corrected chi connectivity index (χ0v) is 17.7. The van der Waals surface area contributed by atoms with Crippen LogP contribution in [0, 0.1) is 11.8 Å². The summed E-state index contributed by atoms with van der Waals surface area (Å²) in [6, 6.07) is 9.92. The molecule has 0 unspecified atom stereocenters. The maximum atomic E-state index is 12.9. The number of methoxy groups -OCH3 is 1. The van der Waals surface area contributed by atoms with Gasteiger partial charge in [0.2, 0.25) is 15.6 Å². The molecule has 0 radical (unpaired) electrons. The summed E-state index contributed by atoms with van der Waals surface area (Å²) in [7, 11) is -2.45. The molecule has 0 spiro atoms. The molecule has 1 fully saturated rings. The molecule has 4 N–H and O–H groups in total. The number of imide groups is 1. The van der Waals surface area contributed by atoms with Crippen molar-refractivity contribution in [1.82, 2.24) is 15.5 Å². The Balaban J connectivity index is 1.67. The highest BCUT2D eigenvalue weighted by molar-refractivity contribution is 7.89. The van der Waals surface area contributed by atoms with Crippen molar-refractivity contribution in [3.05, 3.63) is 59.2 Å². The molecule has 0 saturated carbocycles. The number of fused-ring (bicyclic) bond motifs is 1. The van der Waals surface area contributed by atoms with E-state index in [9.17, 15) is 22.8 Å². The first-order chi connectivity index (χ1) is 15.1. The number of carbonyl (C=O) groups is 3. The molecular formula is C21H18N4O6S. The number of sulfonamides is 1. The van der Waals surface area contributed by atoms with Gasteiger partial charge in [-0.1, -0.05) is 24.0 Å². The fourth-order valence-corrected chi connectivity index (χ4v) is 4.10. The maximum Gasteiger partial charge on any atom is 0.323 e. The van der Waals surface area contributed by atoms with Crippen LogP contribution < -0.4 is 20.5 Å². The second-order valence-electron chi connectivity index (χ2n) is 7.32. The van der Waals surface area contributed by atoms with Gasteiger partial charge in [-0.2, -0.15) is 0 Å². The van der Waals surface area contributed by atoms with Gasteiger partial charge in [-0.3, -0.25) is 14.9 Å². The number of hydrogen-bond donors (Lipinski definition) is 3. The molecule has 1 saturated heterocycles. The highest BCUT2D eigenvalue weighted by Crippen LogP contribution is 2.28. The molecule has 32 heavy (non-hydrogen) atoms. The summed E-state index contributed by atoms with van der Waals surface area (Å²) in [5.74, 6) is 4.92. The molecule has 0 aromatic heterocycles. The third-order valence-corrected chi connectivity index (χ3v) is 6.06. The number of ether oxygens (including phenoxy) is 1. The Morgan fingerprint density at radius 3 is 2.62 bits per heavy atom. The van der Waals surface area contributed by atoms with Gasteiger partial charge in [-0.25, -0.2) is 18.4 Å². The number of nitrogens with two attached hydrogens (primary N) is 1. The van der Waals surface area contributed by atoms with Crippen LogP contribution in [0.1, 0.15) is 21.5 Å². The predicted molar refractivity (Wildman–Crippen MR) is 112 cm³/mol. The molecule has 2 aromatic rings. The van der Waals surface area contributed by atoms with E-state index in [1.165, 1.54) is 36.3 Å². The number of nitrogens with one attached hydrogen (secondary N) is 2. The summed E-state index contributed by atoms with van der Waals surface area (Å²) in [4.78, 5) is 38.7. The fraction of sp³-hybridized carbons (Fsp3) is 0.190. The number of rotatable bonds is 4. The zero-order chi connectivity index (χ0) is 23.1. The third-order valence-electron chi connectivity index (χ3n) is 5.15. The van der Waals surface area contributed by atoms with Gasteiger partial charge in [0.25, 0.3) is 11.8 Å². The number of carbonyl (C=O) groups excluding carboxylic acids is 3. The molecule has 2 aliphatic rings. The van der Waals surface area contributed by atoms with E-state index in [1.54, 1.807) is 18.2 Å². The van der Waals surface area contributed by atoms with Crippen LogP contribution in [0.5, 0.6) is 5.75 Å². The van der Waals surface area contributed by atoms with Gasteiger partial charge < -0.3 is 15.0 Å². The Hall–Kier alpha value is -3.88. The van der Waals surface area contributed by atoms with Crippen molar-refractivity contribution in [3.8, 4) is 17.6 Å². The van der Waals surface area contributed by atoms with Gasteiger partial charge in [-0.05, 0) is 35.9 Å². The quantitative estimate of drug-likeness (QED) is 0.435. The molecule has 4 amide bonds. The Morgan fingerprint density at radius 2 is 1.97 bits per heavy atom. The van der Waals surface area contributed by atoms with Crippen molar-refractivity contribution in [2.75, 3.05) is 13.7 Å². The lowest BCUT2D eigenvalue weighted by atomic mass is 9.99. The minimum absolute atomic E-state index is 0.141. The molecule has 0 aliphatic carbocycles. The topological polar surface area (TPSA) is 148 Å². The number of primary sulfonamides is 1. The zero-order valence-electron chi connectivity index (χ0n) is 16.8. The Kier molecular flexibility index (Phi) is 5.12. The van der Waals surface area contributed by atoms with E-state index in [1.807, 2.05) is 0 Å². The van der Waals surface area contributed by atoms with Gasteiger partial charge >= 0.3 is 6.03 Å². The van der Waals surface area contributed by atoms with Crippen LogP contribution in [0.2, 0.25) is 0 Å². The highest BCUT2D eigenvalue weighted by Gasteiger charge is 2.48. The molecular weight excluding hydrogens is 436 g/mol. The number of benzene rings is 2. The Bertz CT molecular complexity index is 1330. The minimum Gasteiger partial charge on any atom is -0.497 e. The first-order valence-corrected chi connectivity index (χ1v) is 10.9. The van der Waals surface area contributed by atoms with Crippen LogP contribution in [0.15, 0.2) is 47.4 Å². The second-order valence-corrected chi connectivity index (χ2v) is 8.88. The van der Waals surface area contributed by atoms with Gasteiger partial charge in [0, 0.05) is 17.7 Å². The predicted octanol–water partition coefficient (Wildman–Crippen LogP) is -0.0717. The normalized spacial score (nSPS) is 19.7. The largest absolute Gasteiger partial charge is 0.497 e. The van der Waals surface area contributed by atoms with Crippen molar-refractivity contribution in [2.45, 2.75) is 17.0 Å². The SMILES string of the molecule is COc1ccc2c(c1)C(=O)N(C[C@@]1(C#Cc3cccc(S(N)(=O)=O)c3)NC(=O)NC1=O)C2. The van der Waals surface area contributed by atoms with E-state index in [2.05, 4.69) is 22.5 Å². The number of nitrogens with zero attached hydrogens (tertiary/aromatic N) is 1. The molecule has 0 bridgehead atoms. The Labute approximate surface area is 183 Å². The van der Waals surface area contributed by atoms with Crippen molar-refractivity contribution in [2.24, 2.45) is 5.14 Å². The van der Waals surface area contributed by atoms with Gasteiger partial charge in [0.05, 0.1) is 18.6 Å². The summed E-state index contributed by atoms with van der Waals surface area (Å²) in [5.41, 5.74) is -0.246. The standard InChI is InChI=1S/C21H18N4O6S/c1-31-15-6-5-14-11-25(18(26)17(14)10-15)12-21(19(27)23-20(28)24-21)8-7-13-3-2-4-16(9-13)32(22,29)30/h2-6,9-10H,11-12H2,1H3,(H2,22,29,30)(H2,23,24,27,28)/t21-/m1/s1. The smallest absolute Gasteiger partial charge is 0.323 e. The van der Waals surface area contributed by atoms with E-state index in [-0.39, 0.29) is 29.5 Å². The van der Waals surface area contributed by atoms with E-state index >= 15 is 0 Å². The number of amides is 4. The summed E-state index contributed by atoms with van der Waals surface area (Å²) in [6.45, 7) is 0.0218. The van der Waals surface area contributed by atoms with E-state index < -0.39 is 27.5 Å². The molecule has 164 valence electrons. The summed E-state index contributed by atoms with van der Waals surface area (Å²) >= 11 is 0. The summed E-state index contributed by atoms with van der Waals surface area (Å²) in [6.07, 6.45) is 0. The molecule has 2 aliphatic heterocycles. The van der Waals surface area contributed by atoms with Gasteiger partial charge in [-0.15, -0.1) is 0 Å². The highest BCUT2D eigenvalue weighted by atomic mass is 32.2. The van der Waals surface area contributed by atoms with Crippen molar-refractivity contribution >= 4 is 27.9 Å². The van der Waals surface area contributed by atoms with Crippen molar-refractivity contribution < 1.29 is 27.5 Å². The lowest BCUT2D eigenvalue weighted by Crippen LogP contribution is -2.54. The van der Waals surface area contributed by atoms with Crippen LogP contribution in [-0.2, 0) is 21.4 Å². The number of hydrogen-bond acceptors (Lipinski definition) is 6. The average molecular weight is 454 g/mol. The first kappa shape index (κ1) is 21.4. The lowest BCUT2D eigenvalue weighted by Gasteiger charge is -2.26. The fourth-order valence-electron chi connectivity index (χ4n) is 3.54. The van der Waals surface area contributed by atoms with E-state index in [4.69, 9.17) is 9.88 Å². The Morgan fingerprint density at radius 1 is 1.19 bits per heavy atom. The summed E-state index contributed by atoms with van der Waals surface area (Å²) in [5, 5.41) is 9.78. The molecule has 2 aromatic carbocycles. The van der Waals surface area contributed by atoms with E-state index in [0.717, 1.165) is 5.56 Å². The van der Waals surface area contributed by atoms with E-state index in [0.29, 0.717) is 11.3 Å². The van der Waals surface area contributed by atoms with Crippen LogP contribution in [-0.4, -0.2) is 50.4 Å².